The van der Waals surface area contributed by atoms with Crippen LogP contribution in [-0.4, -0.2) is 39.9 Å². The van der Waals surface area contributed by atoms with E-state index in [1.54, 1.807) is 24.3 Å². The minimum atomic E-state index is -1.12. The Morgan fingerprint density at radius 2 is 2.05 bits per heavy atom. The van der Waals surface area contributed by atoms with Gasteiger partial charge in [-0.25, -0.2) is 4.90 Å². The molecule has 0 aliphatic carbocycles. The number of thioether (sulfide) groups is 1. The first-order valence-electron chi connectivity index (χ1n) is 6.12. The Bertz CT molecular complexity index is 578. The van der Waals surface area contributed by atoms with Crippen molar-refractivity contribution in [2.75, 3.05) is 10.7 Å². The minimum absolute atomic E-state index is 0.0614. The molecule has 1 heterocycles. The number of nitrogens with two attached hydrogens (primary N) is 1. The van der Waals surface area contributed by atoms with Gasteiger partial charge in [0.1, 0.15) is 6.04 Å². The van der Waals surface area contributed by atoms with Gasteiger partial charge in [-0.05, 0) is 24.3 Å². The summed E-state index contributed by atoms with van der Waals surface area (Å²) in [4.78, 5) is 36.1. The van der Waals surface area contributed by atoms with Crippen LogP contribution >= 0.6 is 27.7 Å². The average molecular weight is 373 g/mol. The van der Waals surface area contributed by atoms with Crippen molar-refractivity contribution in [3.63, 3.8) is 0 Å². The molecule has 1 aliphatic heterocycles. The number of amides is 2. The number of carbonyl (C=O) groups excluding carboxylic acids is 2. The number of rotatable bonds is 5. The number of hydrogen-bond acceptors (Lipinski definition) is 5. The summed E-state index contributed by atoms with van der Waals surface area (Å²) < 4.78 is 0.851. The van der Waals surface area contributed by atoms with Crippen molar-refractivity contribution in [1.29, 1.82) is 0 Å². The van der Waals surface area contributed by atoms with E-state index >= 15 is 0 Å². The third kappa shape index (κ3) is 3.63. The summed E-state index contributed by atoms with van der Waals surface area (Å²) in [5.41, 5.74) is 5.91. The highest BCUT2D eigenvalue weighted by Crippen LogP contribution is 2.30. The largest absolute Gasteiger partial charge is 0.480 e. The Balaban J connectivity index is 2.06. The van der Waals surface area contributed by atoms with Crippen molar-refractivity contribution in [2.45, 2.75) is 17.7 Å². The molecule has 0 aromatic heterocycles. The van der Waals surface area contributed by atoms with E-state index in [2.05, 4.69) is 15.9 Å². The van der Waals surface area contributed by atoms with Crippen LogP contribution in [0.2, 0.25) is 0 Å². The maximum Gasteiger partial charge on any atom is 0.321 e. The van der Waals surface area contributed by atoms with E-state index in [1.165, 1.54) is 0 Å². The second-order valence-electron chi connectivity index (χ2n) is 4.51. The van der Waals surface area contributed by atoms with Gasteiger partial charge in [0.25, 0.3) is 0 Å². The van der Waals surface area contributed by atoms with Gasteiger partial charge in [0.15, 0.2) is 0 Å². The third-order valence-corrected chi connectivity index (χ3v) is 4.84. The highest BCUT2D eigenvalue weighted by Gasteiger charge is 2.40. The number of anilines is 1. The number of halogens is 1. The number of carbonyl (C=O) groups is 3. The van der Waals surface area contributed by atoms with Crippen molar-refractivity contribution >= 4 is 51.2 Å². The smallest absolute Gasteiger partial charge is 0.321 e. The molecule has 0 spiro atoms. The van der Waals surface area contributed by atoms with E-state index in [-0.39, 0.29) is 24.0 Å². The van der Waals surface area contributed by atoms with Crippen molar-refractivity contribution in [2.24, 2.45) is 5.73 Å². The summed E-state index contributed by atoms with van der Waals surface area (Å²) in [6.07, 6.45) is 0.0614. The lowest BCUT2D eigenvalue weighted by molar-refractivity contribution is -0.138. The second-order valence-corrected chi connectivity index (χ2v) is 6.67. The molecule has 2 amide bonds. The molecule has 2 rings (SSSR count). The fourth-order valence-electron chi connectivity index (χ4n) is 1.89. The molecule has 3 N–H and O–H groups in total. The quantitative estimate of drug-likeness (QED) is 0.753. The molecular weight excluding hydrogens is 360 g/mol. The number of imide groups is 1. The van der Waals surface area contributed by atoms with Crippen LogP contribution in [0.5, 0.6) is 0 Å². The molecule has 1 aromatic rings. The van der Waals surface area contributed by atoms with E-state index < -0.39 is 17.3 Å². The molecule has 8 heteroatoms. The SMILES string of the molecule is N[C@H](CS[C@@H]1CC(=O)N(c2ccc(Br)cc2)C1=O)C(=O)O. The summed E-state index contributed by atoms with van der Waals surface area (Å²) in [5.74, 6) is -1.65. The standard InChI is InChI=1S/C13H13BrN2O4S/c14-7-1-3-8(4-2-7)16-11(17)5-10(12(16)18)21-6-9(15)13(19)20/h1-4,9-10H,5-6,15H2,(H,19,20)/t9-,10-/m1/s1. The van der Waals surface area contributed by atoms with Gasteiger partial charge in [-0.2, -0.15) is 0 Å². The maximum absolute atomic E-state index is 12.3. The Kier molecular flexibility index (Phi) is 5.02. The van der Waals surface area contributed by atoms with Crippen molar-refractivity contribution in [1.82, 2.24) is 0 Å². The first kappa shape index (κ1) is 16.0. The van der Waals surface area contributed by atoms with Crippen LogP contribution in [0.3, 0.4) is 0 Å². The fourth-order valence-corrected chi connectivity index (χ4v) is 3.24. The monoisotopic (exact) mass is 372 g/mol. The third-order valence-electron chi connectivity index (χ3n) is 2.98. The average Bonchev–Trinajstić information content (AvgIpc) is 2.72. The van der Waals surface area contributed by atoms with Gasteiger partial charge in [0.05, 0.1) is 10.9 Å². The highest BCUT2D eigenvalue weighted by molar-refractivity contribution is 9.10. The van der Waals surface area contributed by atoms with Crippen LogP contribution in [0.15, 0.2) is 28.7 Å². The van der Waals surface area contributed by atoms with Gasteiger partial charge < -0.3 is 10.8 Å². The van der Waals surface area contributed by atoms with E-state index in [0.717, 1.165) is 21.1 Å². The minimum Gasteiger partial charge on any atom is -0.480 e. The molecule has 6 nitrogen and oxygen atoms in total. The summed E-state index contributed by atoms with van der Waals surface area (Å²) in [5, 5.41) is 8.15. The Hall–Kier alpha value is -1.38. The Morgan fingerprint density at radius 1 is 1.43 bits per heavy atom. The van der Waals surface area contributed by atoms with E-state index in [4.69, 9.17) is 10.8 Å². The topological polar surface area (TPSA) is 101 Å². The lowest BCUT2D eigenvalue weighted by Gasteiger charge is -2.15. The van der Waals surface area contributed by atoms with Crippen LogP contribution in [0.25, 0.3) is 0 Å². The van der Waals surface area contributed by atoms with E-state index in [0.29, 0.717) is 5.69 Å². The first-order chi connectivity index (χ1) is 9.90. The van der Waals surface area contributed by atoms with Crippen molar-refractivity contribution in [3.8, 4) is 0 Å². The molecule has 2 atom stereocenters. The van der Waals surface area contributed by atoms with E-state index in [1.807, 2.05) is 0 Å². The predicted octanol–water partition coefficient (Wildman–Crippen LogP) is 1.23. The predicted molar refractivity (Wildman–Crippen MR) is 83.1 cm³/mol. The lowest BCUT2D eigenvalue weighted by Crippen LogP contribution is -2.35. The number of nitrogens with zero attached hydrogens (tertiary/aromatic N) is 1. The molecule has 1 fully saturated rings. The number of carboxylic acid groups (broad SMARTS) is 1. The van der Waals surface area contributed by atoms with Crippen LogP contribution in [-0.2, 0) is 14.4 Å². The number of carboxylic acids is 1. The summed E-state index contributed by atoms with van der Waals surface area (Å²) in [7, 11) is 0. The molecule has 1 aromatic carbocycles. The molecule has 0 saturated carbocycles. The zero-order valence-corrected chi connectivity index (χ0v) is 13.3. The highest BCUT2D eigenvalue weighted by atomic mass is 79.9. The molecule has 112 valence electrons. The molecule has 0 radical (unpaired) electrons. The summed E-state index contributed by atoms with van der Waals surface area (Å²) in [6.45, 7) is 0. The first-order valence-corrected chi connectivity index (χ1v) is 7.96. The van der Waals surface area contributed by atoms with Gasteiger partial charge in [0, 0.05) is 16.6 Å². The van der Waals surface area contributed by atoms with Gasteiger partial charge in [0.2, 0.25) is 11.8 Å². The van der Waals surface area contributed by atoms with Gasteiger partial charge in [-0.15, -0.1) is 11.8 Å². The molecule has 1 saturated heterocycles. The lowest BCUT2D eigenvalue weighted by atomic mass is 10.3. The molecule has 0 bridgehead atoms. The van der Waals surface area contributed by atoms with Gasteiger partial charge in [-0.3, -0.25) is 14.4 Å². The zero-order chi connectivity index (χ0) is 15.6. The summed E-state index contributed by atoms with van der Waals surface area (Å²) in [6, 6.07) is 5.80. The number of benzene rings is 1. The van der Waals surface area contributed by atoms with E-state index in [9.17, 15) is 14.4 Å². The molecular formula is C13H13BrN2O4S. The Morgan fingerprint density at radius 3 is 2.62 bits per heavy atom. The van der Waals surface area contributed by atoms with Gasteiger partial charge >= 0.3 is 5.97 Å². The summed E-state index contributed by atoms with van der Waals surface area (Å²) >= 11 is 4.40. The van der Waals surface area contributed by atoms with Gasteiger partial charge in [-0.1, -0.05) is 15.9 Å². The van der Waals surface area contributed by atoms with Crippen LogP contribution in [0.1, 0.15) is 6.42 Å². The number of hydrogen-bond donors (Lipinski definition) is 2. The normalized spacial score (nSPS) is 19.9. The number of aliphatic carboxylic acids is 1. The molecule has 0 unspecified atom stereocenters. The second kappa shape index (κ2) is 6.59. The van der Waals surface area contributed by atoms with Crippen LogP contribution in [0.4, 0.5) is 5.69 Å². The maximum atomic E-state index is 12.3. The molecule has 21 heavy (non-hydrogen) atoms. The molecule has 1 aliphatic rings. The van der Waals surface area contributed by atoms with Crippen molar-refractivity contribution in [3.05, 3.63) is 28.7 Å². The van der Waals surface area contributed by atoms with Crippen LogP contribution < -0.4 is 10.6 Å². The fraction of sp³-hybridized carbons (Fsp3) is 0.308. The zero-order valence-electron chi connectivity index (χ0n) is 10.9. The van der Waals surface area contributed by atoms with Crippen LogP contribution in [0, 0.1) is 0 Å². The van der Waals surface area contributed by atoms with Crippen molar-refractivity contribution < 1.29 is 19.5 Å². The Labute approximate surface area is 133 Å².